The van der Waals surface area contributed by atoms with E-state index in [4.69, 9.17) is 4.52 Å². The number of hydrogen-bond donors (Lipinski definition) is 1. The van der Waals surface area contributed by atoms with Crippen molar-refractivity contribution in [3.8, 4) is 0 Å². The van der Waals surface area contributed by atoms with Gasteiger partial charge in [-0.05, 0) is 44.3 Å². The van der Waals surface area contributed by atoms with Gasteiger partial charge in [0.2, 0.25) is 0 Å². The van der Waals surface area contributed by atoms with Crippen molar-refractivity contribution >= 4 is 5.91 Å². The number of aromatic nitrogens is 1. The minimum atomic E-state index is -0.170. The second-order valence-corrected chi connectivity index (χ2v) is 7.39. The van der Waals surface area contributed by atoms with Crippen molar-refractivity contribution < 1.29 is 9.32 Å². The van der Waals surface area contributed by atoms with Crippen molar-refractivity contribution in [2.24, 2.45) is 5.92 Å². The van der Waals surface area contributed by atoms with Gasteiger partial charge in [-0.3, -0.25) is 9.69 Å². The molecule has 2 heterocycles. The van der Waals surface area contributed by atoms with E-state index in [0.29, 0.717) is 12.2 Å². The Labute approximate surface area is 155 Å². The largest absolute Gasteiger partial charge is 0.361 e. The molecule has 3 rings (SSSR count). The number of carbonyl (C=O) groups is 1. The van der Waals surface area contributed by atoms with Crippen LogP contribution in [-0.2, 0) is 6.42 Å². The van der Waals surface area contributed by atoms with E-state index in [1.807, 2.05) is 6.92 Å². The summed E-state index contributed by atoms with van der Waals surface area (Å²) in [6.07, 6.45) is 3.15. The summed E-state index contributed by atoms with van der Waals surface area (Å²) >= 11 is 0. The molecule has 140 valence electrons. The average Bonchev–Trinajstić information content (AvgIpc) is 3.14. The van der Waals surface area contributed by atoms with E-state index in [1.54, 1.807) is 6.07 Å². The third-order valence-corrected chi connectivity index (χ3v) is 5.32. The summed E-state index contributed by atoms with van der Waals surface area (Å²) in [6.45, 7) is 9.10. The summed E-state index contributed by atoms with van der Waals surface area (Å²) in [5.74, 6) is 1.34. The number of amides is 1. The first kappa shape index (κ1) is 18.6. The van der Waals surface area contributed by atoms with Gasteiger partial charge in [-0.1, -0.05) is 48.8 Å². The number of hydrogen-bond acceptors (Lipinski definition) is 4. The highest BCUT2D eigenvalue weighted by molar-refractivity contribution is 5.92. The van der Waals surface area contributed by atoms with Gasteiger partial charge < -0.3 is 9.84 Å². The molecular weight excluding hydrogens is 326 g/mol. The lowest BCUT2D eigenvalue weighted by Gasteiger charge is -2.37. The molecule has 1 fully saturated rings. The smallest absolute Gasteiger partial charge is 0.273 e. The number of likely N-dealkylation sites (tertiary alicyclic amines) is 1. The zero-order valence-electron chi connectivity index (χ0n) is 16.0. The Kier molecular flexibility index (Phi) is 6.09. The summed E-state index contributed by atoms with van der Waals surface area (Å²) in [5.41, 5.74) is 2.86. The number of rotatable bonds is 6. The lowest BCUT2D eigenvalue weighted by molar-refractivity contribution is 0.0904. The summed E-state index contributed by atoms with van der Waals surface area (Å²) in [5, 5.41) is 6.93. The summed E-state index contributed by atoms with van der Waals surface area (Å²) in [7, 11) is 0. The summed E-state index contributed by atoms with van der Waals surface area (Å²) in [6, 6.07) is 10.5. The van der Waals surface area contributed by atoms with Crippen LogP contribution in [0.4, 0.5) is 0 Å². The predicted molar refractivity (Wildman–Crippen MR) is 102 cm³/mol. The van der Waals surface area contributed by atoms with Crippen molar-refractivity contribution in [3.63, 3.8) is 0 Å². The molecule has 5 nitrogen and oxygen atoms in total. The van der Waals surface area contributed by atoms with E-state index in [9.17, 15) is 4.79 Å². The molecule has 1 aromatic heterocycles. The number of piperidine rings is 1. The lowest BCUT2D eigenvalue weighted by atomic mass is 9.95. The zero-order chi connectivity index (χ0) is 18.5. The van der Waals surface area contributed by atoms with Crippen LogP contribution >= 0.6 is 0 Å². The quantitative estimate of drug-likeness (QED) is 0.857. The van der Waals surface area contributed by atoms with Gasteiger partial charge >= 0.3 is 0 Å². The molecular formula is C21H29N3O2. The van der Waals surface area contributed by atoms with Crippen LogP contribution in [0.3, 0.4) is 0 Å². The van der Waals surface area contributed by atoms with E-state index >= 15 is 0 Å². The fourth-order valence-corrected chi connectivity index (χ4v) is 3.45. The Morgan fingerprint density at radius 1 is 1.31 bits per heavy atom. The second-order valence-electron chi connectivity index (χ2n) is 7.39. The van der Waals surface area contributed by atoms with Crippen molar-refractivity contribution in [3.05, 3.63) is 52.9 Å². The molecule has 2 aromatic rings. The van der Waals surface area contributed by atoms with Crippen LogP contribution in [0.25, 0.3) is 0 Å². The Morgan fingerprint density at radius 3 is 2.62 bits per heavy atom. The molecule has 0 saturated carbocycles. The van der Waals surface area contributed by atoms with Gasteiger partial charge in [-0.15, -0.1) is 0 Å². The molecule has 0 bridgehead atoms. The number of carbonyl (C=O) groups excluding carboxylic acids is 1. The van der Waals surface area contributed by atoms with Crippen LogP contribution in [0.2, 0.25) is 0 Å². The Bertz CT molecular complexity index is 715. The maximum absolute atomic E-state index is 12.4. The van der Waals surface area contributed by atoms with E-state index in [-0.39, 0.29) is 11.9 Å². The van der Waals surface area contributed by atoms with Gasteiger partial charge in [0.1, 0.15) is 5.76 Å². The number of aryl methyl sites for hydroxylation is 2. The fourth-order valence-electron chi connectivity index (χ4n) is 3.45. The highest BCUT2D eigenvalue weighted by Gasteiger charge is 2.25. The second kappa shape index (κ2) is 8.49. The van der Waals surface area contributed by atoms with Gasteiger partial charge in [-0.25, -0.2) is 0 Å². The Balaban J connectivity index is 1.70. The summed E-state index contributed by atoms with van der Waals surface area (Å²) < 4.78 is 5.15. The van der Waals surface area contributed by atoms with Crippen molar-refractivity contribution in [1.29, 1.82) is 0 Å². The molecule has 1 amide bonds. The van der Waals surface area contributed by atoms with Crippen LogP contribution in [0.1, 0.15) is 60.1 Å². The monoisotopic (exact) mass is 355 g/mol. The molecule has 0 spiro atoms. The minimum absolute atomic E-state index is 0.170. The van der Waals surface area contributed by atoms with Gasteiger partial charge in [0.05, 0.1) is 6.04 Å². The fraction of sp³-hybridized carbons (Fsp3) is 0.524. The molecule has 1 N–H and O–H groups in total. The molecule has 0 aliphatic carbocycles. The third-order valence-electron chi connectivity index (χ3n) is 5.32. The molecule has 1 saturated heterocycles. The van der Waals surface area contributed by atoms with E-state index in [0.717, 1.165) is 31.2 Å². The van der Waals surface area contributed by atoms with Crippen molar-refractivity contribution in [2.45, 2.75) is 46.1 Å². The molecule has 26 heavy (non-hydrogen) atoms. The van der Waals surface area contributed by atoms with Crippen LogP contribution in [0, 0.1) is 12.8 Å². The van der Waals surface area contributed by atoms with Gasteiger partial charge in [0.15, 0.2) is 5.69 Å². The normalized spacial score (nSPS) is 17.2. The van der Waals surface area contributed by atoms with Gasteiger partial charge in [-0.2, -0.15) is 0 Å². The Morgan fingerprint density at radius 2 is 2.00 bits per heavy atom. The molecule has 1 atom stereocenters. The lowest BCUT2D eigenvalue weighted by Crippen LogP contribution is -2.42. The number of nitrogens with one attached hydrogen (secondary N) is 1. The summed E-state index contributed by atoms with van der Waals surface area (Å²) in [4.78, 5) is 14.9. The first-order valence-electron chi connectivity index (χ1n) is 9.61. The maximum atomic E-state index is 12.4. The molecule has 1 aromatic carbocycles. The van der Waals surface area contributed by atoms with Crippen LogP contribution < -0.4 is 5.32 Å². The molecule has 0 radical (unpaired) electrons. The van der Waals surface area contributed by atoms with Crippen molar-refractivity contribution in [2.75, 3.05) is 19.6 Å². The van der Waals surface area contributed by atoms with E-state index in [1.165, 1.54) is 24.0 Å². The molecule has 1 unspecified atom stereocenters. The SMILES string of the molecule is CCc1cc(C(=O)NCC(c2ccc(C)cc2)N2CCC(C)CC2)no1. The first-order chi connectivity index (χ1) is 12.6. The molecule has 1 aliphatic heterocycles. The van der Waals surface area contributed by atoms with Crippen LogP contribution in [0.5, 0.6) is 0 Å². The van der Waals surface area contributed by atoms with E-state index < -0.39 is 0 Å². The highest BCUT2D eigenvalue weighted by atomic mass is 16.5. The predicted octanol–water partition coefficient (Wildman–Crippen LogP) is 3.75. The number of nitrogens with zero attached hydrogens (tertiary/aromatic N) is 2. The van der Waals surface area contributed by atoms with Gasteiger partial charge in [0, 0.05) is 19.0 Å². The number of benzene rings is 1. The average molecular weight is 355 g/mol. The molecule has 5 heteroatoms. The highest BCUT2D eigenvalue weighted by Crippen LogP contribution is 2.26. The Hall–Kier alpha value is -2.14. The van der Waals surface area contributed by atoms with Crippen LogP contribution in [0.15, 0.2) is 34.9 Å². The third kappa shape index (κ3) is 4.52. The standard InChI is InChI=1S/C21H29N3O2/c1-4-18-13-19(23-26-18)21(25)22-14-20(17-7-5-15(2)6-8-17)24-11-9-16(3)10-12-24/h5-8,13,16,20H,4,9-12,14H2,1-3H3,(H,22,25). The zero-order valence-corrected chi connectivity index (χ0v) is 16.0. The first-order valence-corrected chi connectivity index (χ1v) is 9.61. The van der Waals surface area contributed by atoms with Crippen molar-refractivity contribution in [1.82, 2.24) is 15.4 Å². The maximum Gasteiger partial charge on any atom is 0.273 e. The minimum Gasteiger partial charge on any atom is -0.361 e. The molecule has 1 aliphatic rings. The van der Waals surface area contributed by atoms with E-state index in [2.05, 4.69) is 53.5 Å². The van der Waals surface area contributed by atoms with Crippen LogP contribution in [-0.4, -0.2) is 35.6 Å². The topological polar surface area (TPSA) is 58.4 Å². The van der Waals surface area contributed by atoms with Gasteiger partial charge in [0.25, 0.3) is 5.91 Å².